The van der Waals surface area contributed by atoms with E-state index in [1.807, 2.05) is 28.8 Å². The molecule has 0 fully saturated rings. The van der Waals surface area contributed by atoms with Gasteiger partial charge in [-0.1, -0.05) is 0 Å². The average molecular weight is 211 g/mol. The van der Waals surface area contributed by atoms with Crippen molar-refractivity contribution in [2.75, 3.05) is 5.73 Å². The van der Waals surface area contributed by atoms with Gasteiger partial charge in [-0.2, -0.15) is 0 Å². The molecule has 0 amide bonds. The second-order valence-electron chi connectivity index (χ2n) is 3.44. The normalized spacial score (nSPS) is 10.8. The van der Waals surface area contributed by atoms with E-state index in [0.29, 0.717) is 5.69 Å². The fourth-order valence-electron chi connectivity index (χ4n) is 1.73. The van der Waals surface area contributed by atoms with Crippen LogP contribution in [0.1, 0.15) is 0 Å². The molecule has 0 radical (unpaired) electrons. The summed E-state index contributed by atoms with van der Waals surface area (Å²) in [6.07, 6.45) is 5.03. The number of benzene rings is 1. The van der Waals surface area contributed by atoms with Gasteiger partial charge in [0.1, 0.15) is 12.7 Å². The first-order valence-corrected chi connectivity index (χ1v) is 4.84. The maximum atomic E-state index is 5.88. The number of anilines is 1. The monoisotopic (exact) mass is 211 g/mol. The van der Waals surface area contributed by atoms with Gasteiger partial charge >= 0.3 is 0 Å². The van der Waals surface area contributed by atoms with Crippen molar-refractivity contribution in [2.45, 2.75) is 0 Å². The quantitative estimate of drug-likeness (QED) is 0.617. The summed E-state index contributed by atoms with van der Waals surface area (Å²) in [5.41, 5.74) is 8.32. The molecule has 0 bridgehead atoms. The van der Waals surface area contributed by atoms with Gasteiger partial charge in [0.25, 0.3) is 0 Å². The van der Waals surface area contributed by atoms with Crippen LogP contribution < -0.4 is 5.73 Å². The summed E-state index contributed by atoms with van der Waals surface area (Å²) in [4.78, 5) is 4.27. The SMILES string of the molecule is Nc1ccc(-n2cnnc2)c2cccnc12. The topological polar surface area (TPSA) is 69.6 Å². The first-order chi connectivity index (χ1) is 7.86. The molecule has 1 aromatic carbocycles. The second kappa shape index (κ2) is 3.30. The first kappa shape index (κ1) is 8.84. The highest BCUT2D eigenvalue weighted by Gasteiger charge is 2.05. The van der Waals surface area contributed by atoms with Crippen molar-refractivity contribution in [3.8, 4) is 5.69 Å². The van der Waals surface area contributed by atoms with E-state index in [0.717, 1.165) is 16.6 Å². The molecule has 16 heavy (non-hydrogen) atoms. The number of pyridine rings is 1. The van der Waals surface area contributed by atoms with Crippen LogP contribution in [0.3, 0.4) is 0 Å². The number of nitrogens with zero attached hydrogens (tertiary/aromatic N) is 4. The van der Waals surface area contributed by atoms with Crippen LogP contribution in [0.2, 0.25) is 0 Å². The van der Waals surface area contributed by atoms with Gasteiger partial charge in [0, 0.05) is 11.6 Å². The molecule has 3 rings (SSSR count). The zero-order valence-electron chi connectivity index (χ0n) is 8.41. The third-order valence-electron chi connectivity index (χ3n) is 2.47. The highest BCUT2D eigenvalue weighted by molar-refractivity contribution is 5.95. The fourth-order valence-corrected chi connectivity index (χ4v) is 1.73. The average Bonchev–Trinajstić information content (AvgIpc) is 2.83. The van der Waals surface area contributed by atoms with E-state index in [4.69, 9.17) is 5.73 Å². The molecular weight excluding hydrogens is 202 g/mol. The Balaban J connectivity index is 2.39. The summed E-state index contributed by atoms with van der Waals surface area (Å²) in [7, 11) is 0. The van der Waals surface area contributed by atoms with Gasteiger partial charge in [-0.05, 0) is 24.3 Å². The predicted octanol–water partition coefficient (Wildman–Crippen LogP) is 1.40. The van der Waals surface area contributed by atoms with Crippen molar-refractivity contribution < 1.29 is 0 Å². The van der Waals surface area contributed by atoms with Gasteiger partial charge in [0.2, 0.25) is 0 Å². The van der Waals surface area contributed by atoms with Crippen LogP contribution in [0.4, 0.5) is 5.69 Å². The molecule has 2 aromatic heterocycles. The van der Waals surface area contributed by atoms with E-state index in [9.17, 15) is 0 Å². The third-order valence-corrected chi connectivity index (χ3v) is 2.47. The largest absolute Gasteiger partial charge is 0.397 e. The lowest BCUT2D eigenvalue weighted by atomic mass is 10.1. The highest BCUT2D eigenvalue weighted by atomic mass is 15.2. The number of rotatable bonds is 1. The number of nitrogens with two attached hydrogens (primary N) is 1. The zero-order chi connectivity index (χ0) is 11.0. The summed E-state index contributed by atoms with van der Waals surface area (Å²) in [6, 6.07) is 7.64. The maximum Gasteiger partial charge on any atom is 0.123 e. The lowest BCUT2D eigenvalue weighted by molar-refractivity contribution is 1.07. The van der Waals surface area contributed by atoms with Gasteiger partial charge in [-0.15, -0.1) is 10.2 Å². The number of hydrogen-bond donors (Lipinski definition) is 1. The molecular formula is C11H9N5. The molecule has 5 nitrogen and oxygen atoms in total. The Bertz CT molecular complexity index is 630. The smallest absolute Gasteiger partial charge is 0.123 e. The highest BCUT2D eigenvalue weighted by Crippen LogP contribution is 2.24. The maximum absolute atomic E-state index is 5.88. The lowest BCUT2D eigenvalue weighted by Gasteiger charge is -2.07. The van der Waals surface area contributed by atoms with Crippen LogP contribution in [0.15, 0.2) is 43.1 Å². The van der Waals surface area contributed by atoms with Gasteiger partial charge in [-0.3, -0.25) is 9.55 Å². The van der Waals surface area contributed by atoms with E-state index >= 15 is 0 Å². The van der Waals surface area contributed by atoms with Gasteiger partial charge < -0.3 is 5.73 Å². The Morgan fingerprint density at radius 1 is 1.06 bits per heavy atom. The van der Waals surface area contributed by atoms with Crippen molar-refractivity contribution in [1.82, 2.24) is 19.7 Å². The minimum atomic E-state index is 0.674. The van der Waals surface area contributed by atoms with E-state index in [1.165, 1.54) is 0 Å². The summed E-state index contributed by atoms with van der Waals surface area (Å²) in [6.45, 7) is 0. The molecule has 2 N–H and O–H groups in total. The number of aromatic nitrogens is 4. The van der Waals surface area contributed by atoms with Crippen LogP contribution in [0.5, 0.6) is 0 Å². The molecule has 3 aromatic rings. The van der Waals surface area contributed by atoms with Gasteiger partial charge in [0.15, 0.2) is 0 Å². The lowest BCUT2D eigenvalue weighted by Crippen LogP contribution is -1.96. The fraction of sp³-hybridized carbons (Fsp3) is 0. The van der Waals surface area contributed by atoms with Crippen molar-refractivity contribution in [2.24, 2.45) is 0 Å². The van der Waals surface area contributed by atoms with Crippen molar-refractivity contribution in [3.63, 3.8) is 0 Å². The predicted molar refractivity (Wildman–Crippen MR) is 61.1 cm³/mol. The van der Waals surface area contributed by atoms with Gasteiger partial charge in [0.05, 0.1) is 16.9 Å². The van der Waals surface area contributed by atoms with E-state index < -0.39 is 0 Å². The molecule has 2 heterocycles. The summed E-state index contributed by atoms with van der Waals surface area (Å²) in [5.74, 6) is 0. The molecule has 5 heteroatoms. The Morgan fingerprint density at radius 3 is 2.69 bits per heavy atom. The second-order valence-corrected chi connectivity index (χ2v) is 3.44. The third kappa shape index (κ3) is 1.22. The molecule has 0 saturated carbocycles. The Hall–Kier alpha value is -2.43. The van der Waals surface area contributed by atoms with Crippen LogP contribution in [0.25, 0.3) is 16.6 Å². The van der Waals surface area contributed by atoms with Crippen molar-refractivity contribution in [3.05, 3.63) is 43.1 Å². The van der Waals surface area contributed by atoms with Crippen LogP contribution in [-0.2, 0) is 0 Å². The number of nitrogen functional groups attached to an aromatic ring is 1. The summed E-state index contributed by atoms with van der Waals surface area (Å²) < 4.78 is 1.84. The summed E-state index contributed by atoms with van der Waals surface area (Å²) in [5, 5.41) is 8.57. The molecule has 0 unspecified atom stereocenters. The molecule has 0 spiro atoms. The van der Waals surface area contributed by atoms with Crippen LogP contribution in [0, 0.1) is 0 Å². The van der Waals surface area contributed by atoms with Crippen molar-refractivity contribution in [1.29, 1.82) is 0 Å². The molecule has 0 saturated heterocycles. The minimum Gasteiger partial charge on any atom is -0.397 e. The Labute approximate surface area is 91.6 Å². The molecule has 0 aliphatic carbocycles. The van der Waals surface area contributed by atoms with Crippen LogP contribution >= 0.6 is 0 Å². The molecule has 0 aliphatic rings. The molecule has 78 valence electrons. The molecule has 0 atom stereocenters. The first-order valence-electron chi connectivity index (χ1n) is 4.84. The zero-order valence-corrected chi connectivity index (χ0v) is 8.41. The standard InChI is InChI=1S/C11H9N5/c12-9-3-4-10(16-6-14-15-7-16)8-2-1-5-13-11(8)9/h1-7H,12H2. The number of fused-ring (bicyclic) bond motifs is 1. The van der Waals surface area contributed by atoms with E-state index in [1.54, 1.807) is 18.9 Å². The van der Waals surface area contributed by atoms with E-state index in [2.05, 4.69) is 15.2 Å². The van der Waals surface area contributed by atoms with Crippen molar-refractivity contribution >= 4 is 16.6 Å². The van der Waals surface area contributed by atoms with Gasteiger partial charge in [-0.25, -0.2) is 0 Å². The molecule has 0 aliphatic heterocycles. The Morgan fingerprint density at radius 2 is 1.88 bits per heavy atom. The number of hydrogen-bond acceptors (Lipinski definition) is 4. The van der Waals surface area contributed by atoms with Crippen LogP contribution in [-0.4, -0.2) is 19.7 Å². The summed E-state index contributed by atoms with van der Waals surface area (Å²) >= 11 is 0. The Kier molecular flexibility index (Phi) is 1.83. The van der Waals surface area contributed by atoms with E-state index in [-0.39, 0.29) is 0 Å². The minimum absolute atomic E-state index is 0.674.